The Balaban J connectivity index is 2.52. The van der Waals surface area contributed by atoms with E-state index in [0.29, 0.717) is 0 Å². The monoisotopic (exact) mass is 354 g/mol. The quantitative estimate of drug-likeness (QED) is 0.436. The molecule has 0 saturated heterocycles. The molecular formula is C19H26N2OSi2. The summed E-state index contributed by atoms with van der Waals surface area (Å²) in [6.07, 6.45) is 0. The van der Waals surface area contributed by atoms with Crippen LogP contribution in [-0.2, 0) is 4.79 Å². The van der Waals surface area contributed by atoms with Gasteiger partial charge in [0.05, 0.1) is 0 Å². The van der Waals surface area contributed by atoms with Crippen LogP contribution in [0.15, 0.2) is 24.3 Å². The van der Waals surface area contributed by atoms with Gasteiger partial charge in [0.2, 0.25) is 0 Å². The Bertz CT molecular complexity index is 735. The highest BCUT2D eigenvalue weighted by Crippen LogP contribution is 2.37. The summed E-state index contributed by atoms with van der Waals surface area (Å²) in [6.45, 7) is 13.2. The van der Waals surface area contributed by atoms with Gasteiger partial charge in [0, 0.05) is 30.4 Å². The molecule has 1 aromatic carbocycles. The van der Waals surface area contributed by atoms with Gasteiger partial charge < -0.3 is 4.90 Å². The zero-order valence-corrected chi connectivity index (χ0v) is 17.7. The SMILES string of the molecule is CN1C(=O)C(N(C#C[Si](C)(C)C)C#C[Si](C)(C)C)c2ccccc21. The van der Waals surface area contributed by atoms with Crippen molar-refractivity contribution in [3.63, 3.8) is 0 Å². The average Bonchev–Trinajstić information content (AvgIpc) is 2.70. The largest absolute Gasteiger partial charge is 0.313 e. The van der Waals surface area contributed by atoms with Crippen LogP contribution in [0.25, 0.3) is 0 Å². The van der Waals surface area contributed by atoms with E-state index in [1.54, 1.807) is 9.80 Å². The molecule has 1 aromatic rings. The summed E-state index contributed by atoms with van der Waals surface area (Å²) in [5.74, 6) is 0.0333. The molecule has 0 aliphatic carbocycles. The molecule has 1 aliphatic heterocycles. The zero-order chi connectivity index (χ0) is 18.1. The molecular weight excluding hydrogens is 328 g/mol. The maximum atomic E-state index is 12.8. The average molecular weight is 355 g/mol. The zero-order valence-electron chi connectivity index (χ0n) is 15.7. The number of amides is 1. The summed E-state index contributed by atoms with van der Waals surface area (Å²) in [7, 11) is -1.30. The second-order valence-electron chi connectivity index (χ2n) is 8.20. The molecule has 3 nitrogen and oxygen atoms in total. The van der Waals surface area contributed by atoms with E-state index < -0.39 is 22.2 Å². The molecule has 0 N–H and O–H groups in total. The van der Waals surface area contributed by atoms with E-state index in [1.807, 2.05) is 31.3 Å². The van der Waals surface area contributed by atoms with Crippen LogP contribution < -0.4 is 4.90 Å². The van der Waals surface area contributed by atoms with Gasteiger partial charge in [-0.25, -0.2) is 4.90 Å². The maximum Gasteiger partial charge on any atom is 0.256 e. The van der Waals surface area contributed by atoms with Crippen molar-refractivity contribution < 1.29 is 4.79 Å². The van der Waals surface area contributed by atoms with E-state index in [9.17, 15) is 4.79 Å². The lowest BCUT2D eigenvalue weighted by atomic mass is 10.1. The van der Waals surface area contributed by atoms with E-state index in [4.69, 9.17) is 0 Å². The highest BCUT2D eigenvalue weighted by molar-refractivity contribution is 6.84. The Labute approximate surface area is 148 Å². The minimum absolute atomic E-state index is 0.0333. The molecule has 0 bridgehead atoms. The standard InChI is InChI=1S/C19H26N2OSi2/c1-20-17-11-9-8-10-16(17)18(19(20)22)21(12-14-23(2,3)4)13-15-24(5,6)7/h8-11,18H,1-7H3. The molecule has 5 heteroatoms. The first-order valence-corrected chi connectivity index (χ1v) is 15.2. The van der Waals surface area contributed by atoms with Crippen LogP contribution in [0.1, 0.15) is 11.6 Å². The molecule has 2 rings (SSSR count). The molecule has 0 aromatic heterocycles. The Morgan fingerprint density at radius 3 is 1.96 bits per heavy atom. The third-order valence-corrected chi connectivity index (χ3v) is 5.24. The number of nitrogens with zero attached hydrogens (tertiary/aromatic N) is 2. The van der Waals surface area contributed by atoms with Gasteiger partial charge in [-0.15, -0.1) is 11.1 Å². The number of carbonyl (C=O) groups excluding carboxylic acids is 1. The Morgan fingerprint density at radius 1 is 0.958 bits per heavy atom. The summed E-state index contributed by atoms with van der Waals surface area (Å²) < 4.78 is 0. The molecule has 0 radical (unpaired) electrons. The second kappa shape index (κ2) is 6.51. The van der Waals surface area contributed by atoms with Crippen LogP contribution in [0, 0.1) is 23.2 Å². The molecule has 1 aliphatic rings. The fourth-order valence-corrected chi connectivity index (χ4v) is 3.23. The number of hydrogen-bond acceptors (Lipinski definition) is 2. The van der Waals surface area contributed by atoms with Gasteiger partial charge in [0.1, 0.15) is 16.1 Å². The van der Waals surface area contributed by atoms with Gasteiger partial charge >= 0.3 is 0 Å². The summed E-state index contributed by atoms with van der Waals surface area (Å²) in [5.41, 5.74) is 8.65. The van der Waals surface area contributed by atoms with Crippen LogP contribution in [-0.4, -0.2) is 34.0 Å². The van der Waals surface area contributed by atoms with Crippen LogP contribution in [0.3, 0.4) is 0 Å². The number of fused-ring (bicyclic) bond motifs is 1. The molecule has 24 heavy (non-hydrogen) atoms. The van der Waals surface area contributed by atoms with Crippen LogP contribution in [0.5, 0.6) is 0 Å². The number of rotatable bonds is 1. The Morgan fingerprint density at radius 2 is 1.46 bits per heavy atom. The van der Waals surface area contributed by atoms with Crippen molar-refractivity contribution in [2.24, 2.45) is 0 Å². The predicted molar refractivity (Wildman–Crippen MR) is 107 cm³/mol. The third-order valence-electron chi connectivity index (χ3n) is 3.52. The summed E-state index contributed by atoms with van der Waals surface area (Å²) in [5, 5.41) is 0. The van der Waals surface area contributed by atoms with Gasteiger partial charge in [-0.05, 0) is 6.07 Å². The predicted octanol–water partition coefficient (Wildman–Crippen LogP) is 3.68. The molecule has 1 heterocycles. The van der Waals surface area contributed by atoms with Crippen molar-refractivity contribution in [2.45, 2.75) is 45.3 Å². The van der Waals surface area contributed by atoms with Crippen molar-refractivity contribution in [2.75, 3.05) is 11.9 Å². The lowest BCUT2D eigenvalue weighted by Crippen LogP contribution is -2.32. The van der Waals surface area contributed by atoms with E-state index in [1.165, 1.54) is 0 Å². The molecule has 126 valence electrons. The number of para-hydroxylation sites is 1. The maximum absolute atomic E-state index is 12.8. The summed E-state index contributed by atoms with van der Waals surface area (Å²) in [6, 6.07) is 13.9. The molecule has 1 amide bonds. The van der Waals surface area contributed by atoms with E-state index in [2.05, 4.69) is 62.5 Å². The van der Waals surface area contributed by atoms with Crippen LogP contribution >= 0.6 is 0 Å². The minimum Gasteiger partial charge on any atom is -0.313 e. The van der Waals surface area contributed by atoms with E-state index >= 15 is 0 Å². The number of benzene rings is 1. The highest BCUT2D eigenvalue weighted by Gasteiger charge is 2.38. The van der Waals surface area contributed by atoms with E-state index in [0.717, 1.165) is 11.3 Å². The summed E-state index contributed by atoms with van der Waals surface area (Å²) >= 11 is 0. The number of likely N-dealkylation sites (N-methyl/N-ethyl adjacent to an activating group) is 1. The first-order valence-electron chi connectivity index (χ1n) is 8.21. The first-order chi connectivity index (χ1) is 11.0. The normalized spacial score (nSPS) is 16.7. The van der Waals surface area contributed by atoms with Gasteiger partial charge in [-0.1, -0.05) is 57.5 Å². The molecule has 0 fully saturated rings. The number of hydrogen-bond donors (Lipinski definition) is 0. The van der Waals surface area contributed by atoms with Crippen molar-refractivity contribution >= 4 is 27.7 Å². The van der Waals surface area contributed by atoms with Crippen molar-refractivity contribution in [3.05, 3.63) is 29.8 Å². The fraction of sp³-hybridized carbons (Fsp3) is 0.421. The smallest absolute Gasteiger partial charge is 0.256 e. The number of anilines is 1. The van der Waals surface area contributed by atoms with Crippen molar-refractivity contribution in [1.29, 1.82) is 0 Å². The molecule has 0 saturated carbocycles. The van der Waals surface area contributed by atoms with E-state index in [-0.39, 0.29) is 5.91 Å². The van der Waals surface area contributed by atoms with Crippen LogP contribution in [0.4, 0.5) is 5.69 Å². The Kier molecular flexibility index (Phi) is 4.98. The topological polar surface area (TPSA) is 23.6 Å². The second-order valence-corrected chi connectivity index (χ2v) is 17.7. The third kappa shape index (κ3) is 4.32. The Hall–Kier alpha value is -1.96. The van der Waals surface area contributed by atoms with Gasteiger partial charge in [-0.3, -0.25) is 4.79 Å². The van der Waals surface area contributed by atoms with Crippen LogP contribution in [0.2, 0.25) is 39.3 Å². The van der Waals surface area contributed by atoms with Gasteiger partial charge in [0.25, 0.3) is 5.91 Å². The summed E-state index contributed by atoms with van der Waals surface area (Å²) in [4.78, 5) is 16.3. The van der Waals surface area contributed by atoms with Gasteiger partial charge in [-0.2, -0.15) is 0 Å². The fourth-order valence-electron chi connectivity index (χ4n) is 2.32. The van der Waals surface area contributed by atoms with Gasteiger partial charge in [0.15, 0.2) is 6.04 Å². The lowest BCUT2D eigenvalue weighted by Gasteiger charge is -2.19. The van der Waals surface area contributed by atoms with Crippen molar-refractivity contribution in [1.82, 2.24) is 4.90 Å². The first kappa shape index (κ1) is 18.4. The highest BCUT2D eigenvalue weighted by atomic mass is 28.3. The number of carbonyl (C=O) groups is 1. The molecule has 0 spiro atoms. The molecule has 1 unspecified atom stereocenters. The lowest BCUT2D eigenvalue weighted by molar-refractivity contribution is -0.121. The minimum atomic E-state index is -1.56. The van der Waals surface area contributed by atoms with Crippen molar-refractivity contribution in [3.8, 4) is 23.2 Å². The molecule has 1 atom stereocenters.